The Balaban J connectivity index is 2.27. The van der Waals surface area contributed by atoms with Crippen LogP contribution in [0.1, 0.15) is 23.4 Å². The Morgan fingerprint density at radius 3 is 2.76 bits per heavy atom. The van der Waals surface area contributed by atoms with Crippen LogP contribution >= 0.6 is 11.3 Å². The maximum absolute atomic E-state index is 13.7. The molecule has 1 unspecified atom stereocenters. The minimum atomic E-state index is -0.579. The topological polar surface area (TPSA) is 24.9 Å². The van der Waals surface area contributed by atoms with E-state index in [0.29, 0.717) is 5.56 Å². The lowest BCUT2D eigenvalue weighted by atomic mass is 10.1. The third-order valence-electron chi connectivity index (χ3n) is 2.52. The molecule has 0 bridgehead atoms. The van der Waals surface area contributed by atoms with Crippen molar-refractivity contribution in [2.45, 2.75) is 19.9 Å². The van der Waals surface area contributed by atoms with E-state index in [-0.39, 0.29) is 11.7 Å². The molecular formula is C12H12F2N2S. The van der Waals surface area contributed by atoms with Gasteiger partial charge in [0.1, 0.15) is 11.5 Å². The second-order valence-electron chi connectivity index (χ2n) is 3.82. The third-order valence-corrected chi connectivity index (χ3v) is 3.48. The minimum Gasteiger partial charge on any atom is -0.373 e. The van der Waals surface area contributed by atoms with Crippen molar-refractivity contribution in [3.63, 3.8) is 0 Å². The number of hydrogen-bond acceptors (Lipinski definition) is 3. The van der Waals surface area contributed by atoms with Crippen LogP contribution in [-0.2, 0) is 0 Å². The summed E-state index contributed by atoms with van der Waals surface area (Å²) in [4.78, 5) is 4.87. The second kappa shape index (κ2) is 4.79. The van der Waals surface area contributed by atoms with Gasteiger partial charge in [0.25, 0.3) is 0 Å². The van der Waals surface area contributed by atoms with Crippen molar-refractivity contribution in [1.29, 1.82) is 0 Å². The number of nitrogens with one attached hydrogen (secondary N) is 1. The van der Waals surface area contributed by atoms with Gasteiger partial charge in [-0.3, -0.25) is 4.98 Å². The number of aryl methyl sites for hydroxylation is 1. The lowest BCUT2D eigenvalue weighted by Crippen LogP contribution is -2.09. The minimum absolute atomic E-state index is 0.0779. The summed E-state index contributed by atoms with van der Waals surface area (Å²) in [6.07, 6.45) is 1.69. The Morgan fingerprint density at radius 2 is 2.12 bits per heavy atom. The average molecular weight is 254 g/mol. The fourth-order valence-corrected chi connectivity index (χ4v) is 2.14. The van der Waals surface area contributed by atoms with Crippen LogP contribution in [0.4, 0.5) is 14.5 Å². The molecule has 0 fully saturated rings. The van der Waals surface area contributed by atoms with Gasteiger partial charge in [-0.2, -0.15) is 0 Å². The molecule has 1 N–H and O–H groups in total. The van der Waals surface area contributed by atoms with Crippen LogP contribution < -0.4 is 5.32 Å². The molecule has 90 valence electrons. The quantitative estimate of drug-likeness (QED) is 0.898. The summed E-state index contributed by atoms with van der Waals surface area (Å²) >= 11 is 1.45. The Kier molecular flexibility index (Phi) is 3.38. The van der Waals surface area contributed by atoms with Crippen LogP contribution in [0.15, 0.2) is 23.8 Å². The zero-order valence-corrected chi connectivity index (χ0v) is 10.3. The molecular weight excluding hydrogens is 242 g/mol. The Hall–Kier alpha value is -1.49. The molecule has 0 aliphatic heterocycles. The summed E-state index contributed by atoms with van der Waals surface area (Å²) in [6.45, 7) is 3.45. The Morgan fingerprint density at radius 1 is 1.35 bits per heavy atom. The molecule has 5 heteroatoms. The highest BCUT2D eigenvalue weighted by Crippen LogP contribution is 2.27. The molecule has 1 heterocycles. The normalized spacial score (nSPS) is 12.5. The van der Waals surface area contributed by atoms with Gasteiger partial charge in [-0.05, 0) is 25.5 Å². The molecule has 0 saturated carbocycles. The van der Waals surface area contributed by atoms with E-state index in [1.54, 1.807) is 18.6 Å². The third kappa shape index (κ3) is 2.44. The van der Waals surface area contributed by atoms with Crippen molar-refractivity contribution >= 4 is 17.0 Å². The standard InChI is InChI=1S/C12H12F2N2S/c1-7-3-4-9(13)12(11(7)14)16-8(2)10-5-15-6-17-10/h3-6,8,16H,1-2H3. The second-order valence-corrected chi connectivity index (χ2v) is 4.74. The van der Waals surface area contributed by atoms with Crippen molar-refractivity contribution in [2.75, 3.05) is 5.32 Å². The maximum atomic E-state index is 13.7. The predicted octanol–water partition coefficient (Wildman–Crippen LogP) is 3.90. The van der Waals surface area contributed by atoms with E-state index in [4.69, 9.17) is 0 Å². The van der Waals surface area contributed by atoms with Crippen LogP contribution in [-0.4, -0.2) is 4.98 Å². The average Bonchev–Trinajstić information content (AvgIpc) is 2.83. The van der Waals surface area contributed by atoms with Crippen molar-refractivity contribution in [3.05, 3.63) is 45.9 Å². The first kappa shape index (κ1) is 12.0. The Bertz CT molecular complexity index is 511. The van der Waals surface area contributed by atoms with Gasteiger partial charge >= 0.3 is 0 Å². The van der Waals surface area contributed by atoms with Crippen LogP contribution in [0.3, 0.4) is 0 Å². The van der Waals surface area contributed by atoms with Gasteiger partial charge in [0.05, 0.1) is 11.6 Å². The monoisotopic (exact) mass is 254 g/mol. The lowest BCUT2D eigenvalue weighted by molar-refractivity contribution is 0.579. The predicted molar refractivity (Wildman–Crippen MR) is 65.2 cm³/mol. The molecule has 1 aromatic carbocycles. The number of anilines is 1. The number of thiazole rings is 1. The van der Waals surface area contributed by atoms with Gasteiger partial charge in [0, 0.05) is 11.1 Å². The van der Waals surface area contributed by atoms with E-state index in [9.17, 15) is 8.78 Å². The molecule has 2 aromatic rings. The first-order valence-corrected chi connectivity index (χ1v) is 6.07. The van der Waals surface area contributed by atoms with E-state index in [1.165, 1.54) is 23.5 Å². The maximum Gasteiger partial charge on any atom is 0.152 e. The summed E-state index contributed by atoms with van der Waals surface area (Å²) in [6, 6.07) is 2.51. The highest BCUT2D eigenvalue weighted by molar-refractivity contribution is 7.09. The zero-order valence-electron chi connectivity index (χ0n) is 9.50. The van der Waals surface area contributed by atoms with Gasteiger partial charge in [-0.1, -0.05) is 6.07 Å². The smallest absolute Gasteiger partial charge is 0.152 e. The molecule has 0 saturated heterocycles. The summed E-state index contributed by atoms with van der Waals surface area (Å²) in [5, 5.41) is 2.84. The van der Waals surface area contributed by atoms with Gasteiger partial charge < -0.3 is 5.32 Å². The molecule has 0 amide bonds. The number of rotatable bonds is 3. The fraction of sp³-hybridized carbons (Fsp3) is 0.250. The number of aromatic nitrogens is 1. The van der Waals surface area contributed by atoms with Crippen molar-refractivity contribution < 1.29 is 8.78 Å². The molecule has 0 aliphatic rings. The summed E-state index contributed by atoms with van der Waals surface area (Å²) in [5.74, 6) is -1.12. The van der Waals surface area contributed by atoms with Crippen LogP contribution in [0.2, 0.25) is 0 Å². The van der Waals surface area contributed by atoms with Crippen molar-refractivity contribution in [3.8, 4) is 0 Å². The van der Waals surface area contributed by atoms with Crippen molar-refractivity contribution in [2.24, 2.45) is 0 Å². The van der Waals surface area contributed by atoms with Gasteiger partial charge in [0.2, 0.25) is 0 Å². The zero-order chi connectivity index (χ0) is 12.4. The van der Waals surface area contributed by atoms with Gasteiger partial charge in [-0.15, -0.1) is 11.3 Å². The molecule has 2 rings (SSSR count). The van der Waals surface area contributed by atoms with E-state index >= 15 is 0 Å². The number of halogens is 2. The number of nitrogens with zero attached hydrogens (tertiary/aromatic N) is 1. The summed E-state index contributed by atoms with van der Waals surface area (Å²) in [7, 11) is 0. The van der Waals surface area contributed by atoms with E-state index in [1.807, 2.05) is 6.92 Å². The first-order valence-electron chi connectivity index (χ1n) is 5.19. The summed E-state index contributed by atoms with van der Waals surface area (Å²) in [5.41, 5.74) is 2.03. The molecule has 0 radical (unpaired) electrons. The van der Waals surface area contributed by atoms with Crippen molar-refractivity contribution in [1.82, 2.24) is 4.98 Å². The number of benzene rings is 1. The fourth-order valence-electron chi connectivity index (χ4n) is 1.52. The molecule has 1 aromatic heterocycles. The van der Waals surface area contributed by atoms with Gasteiger partial charge in [-0.25, -0.2) is 8.78 Å². The van der Waals surface area contributed by atoms with Gasteiger partial charge in [0.15, 0.2) is 5.82 Å². The molecule has 0 spiro atoms. The van der Waals surface area contributed by atoms with Crippen LogP contribution in [0, 0.1) is 18.6 Å². The SMILES string of the molecule is Cc1ccc(F)c(NC(C)c2cncs2)c1F. The van der Waals surface area contributed by atoms with Crippen LogP contribution in [0.5, 0.6) is 0 Å². The van der Waals surface area contributed by atoms with Crippen LogP contribution in [0.25, 0.3) is 0 Å². The number of hydrogen-bond donors (Lipinski definition) is 1. The molecule has 2 nitrogen and oxygen atoms in total. The van der Waals surface area contributed by atoms with E-state index in [0.717, 1.165) is 4.88 Å². The lowest BCUT2D eigenvalue weighted by Gasteiger charge is -2.15. The Labute approximate surface area is 102 Å². The van der Waals surface area contributed by atoms with E-state index in [2.05, 4.69) is 10.3 Å². The first-order chi connectivity index (χ1) is 8.09. The summed E-state index contributed by atoms with van der Waals surface area (Å²) < 4.78 is 27.3. The largest absolute Gasteiger partial charge is 0.373 e. The molecule has 17 heavy (non-hydrogen) atoms. The van der Waals surface area contributed by atoms with E-state index < -0.39 is 11.6 Å². The molecule has 1 atom stereocenters. The highest BCUT2D eigenvalue weighted by atomic mass is 32.1. The highest BCUT2D eigenvalue weighted by Gasteiger charge is 2.15. The molecule has 0 aliphatic carbocycles.